The van der Waals surface area contributed by atoms with Crippen molar-refractivity contribution in [1.82, 2.24) is 24.8 Å². The van der Waals surface area contributed by atoms with Gasteiger partial charge >= 0.3 is 0 Å². The largest absolute Gasteiger partial charge is 0.368 e. The van der Waals surface area contributed by atoms with Gasteiger partial charge in [-0.1, -0.05) is 0 Å². The molecule has 8 heteroatoms. The number of nitrogens with one attached hydrogen (secondary N) is 1. The maximum Gasteiger partial charge on any atom is 0.251 e. The molecule has 1 N–H and O–H groups in total. The molecule has 26 heavy (non-hydrogen) atoms. The van der Waals surface area contributed by atoms with E-state index in [1.807, 2.05) is 17.2 Å². The summed E-state index contributed by atoms with van der Waals surface area (Å²) in [5, 5.41) is 7.21. The van der Waals surface area contributed by atoms with Crippen LogP contribution in [-0.4, -0.2) is 57.1 Å². The van der Waals surface area contributed by atoms with Gasteiger partial charge in [0.15, 0.2) is 5.65 Å². The monoisotopic (exact) mass is 357 g/mol. The van der Waals surface area contributed by atoms with Gasteiger partial charge in [0.1, 0.15) is 6.10 Å². The SMILES string of the molecule is O=C(NCc1cnn2cccnc12)C1CCN(C(=O)C2CCCO2)CC1. The van der Waals surface area contributed by atoms with Gasteiger partial charge in [-0.25, -0.2) is 9.50 Å². The average molecular weight is 357 g/mol. The molecule has 2 fully saturated rings. The molecule has 0 spiro atoms. The third kappa shape index (κ3) is 3.41. The number of fused-ring (bicyclic) bond motifs is 1. The van der Waals surface area contributed by atoms with E-state index in [2.05, 4.69) is 15.4 Å². The molecule has 0 aliphatic carbocycles. The van der Waals surface area contributed by atoms with Crippen LogP contribution in [0.5, 0.6) is 0 Å². The molecule has 2 aromatic heterocycles. The van der Waals surface area contributed by atoms with E-state index in [1.165, 1.54) is 0 Å². The number of carbonyl (C=O) groups excluding carboxylic acids is 2. The van der Waals surface area contributed by atoms with Crippen molar-refractivity contribution in [2.75, 3.05) is 19.7 Å². The molecule has 2 aliphatic heterocycles. The Bertz CT molecular complexity index is 791. The van der Waals surface area contributed by atoms with Crippen molar-refractivity contribution in [1.29, 1.82) is 0 Å². The molecule has 2 aliphatic rings. The Hall–Kier alpha value is -2.48. The number of nitrogens with zero attached hydrogens (tertiary/aromatic N) is 4. The molecule has 2 aromatic rings. The Morgan fingerprint density at radius 1 is 1.27 bits per heavy atom. The number of hydrogen-bond acceptors (Lipinski definition) is 5. The van der Waals surface area contributed by atoms with Crippen LogP contribution in [0.15, 0.2) is 24.7 Å². The highest BCUT2D eigenvalue weighted by atomic mass is 16.5. The van der Waals surface area contributed by atoms with Crippen LogP contribution in [0.2, 0.25) is 0 Å². The average Bonchev–Trinajstić information content (AvgIpc) is 3.36. The lowest BCUT2D eigenvalue weighted by Gasteiger charge is -2.32. The minimum atomic E-state index is -0.275. The van der Waals surface area contributed by atoms with E-state index in [-0.39, 0.29) is 23.8 Å². The Balaban J connectivity index is 1.27. The molecule has 0 aromatic carbocycles. The highest BCUT2D eigenvalue weighted by molar-refractivity contribution is 5.82. The first-order valence-corrected chi connectivity index (χ1v) is 9.18. The second-order valence-electron chi connectivity index (χ2n) is 6.88. The van der Waals surface area contributed by atoms with Crippen LogP contribution in [0, 0.1) is 5.92 Å². The van der Waals surface area contributed by atoms with E-state index < -0.39 is 0 Å². The van der Waals surface area contributed by atoms with Crippen LogP contribution in [0.4, 0.5) is 0 Å². The lowest BCUT2D eigenvalue weighted by Crippen LogP contribution is -2.46. The van der Waals surface area contributed by atoms with Gasteiger partial charge in [0.2, 0.25) is 5.91 Å². The fraction of sp³-hybridized carbons (Fsp3) is 0.556. The minimum Gasteiger partial charge on any atom is -0.368 e. The van der Waals surface area contributed by atoms with E-state index in [9.17, 15) is 9.59 Å². The van der Waals surface area contributed by atoms with Crippen molar-refractivity contribution < 1.29 is 14.3 Å². The molecule has 2 amide bonds. The molecule has 1 atom stereocenters. The second-order valence-corrected chi connectivity index (χ2v) is 6.88. The van der Waals surface area contributed by atoms with Crippen LogP contribution in [0.1, 0.15) is 31.2 Å². The molecular weight excluding hydrogens is 334 g/mol. The molecule has 2 saturated heterocycles. The van der Waals surface area contributed by atoms with Crippen molar-refractivity contribution in [3.63, 3.8) is 0 Å². The standard InChI is InChI=1S/C18H23N5O3/c24-17(20-11-14-12-21-23-7-2-6-19-16(14)23)13-4-8-22(9-5-13)18(25)15-3-1-10-26-15/h2,6-7,12-13,15H,1,3-5,8-11H2,(H,20,24). The number of rotatable bonds is 4. The van der Waals surface area contributed by atoms with Gasteiger partial charge in [-0.15, -0.1) is 0 Å². The summed E-state index contributed by atoms with van der Waals surface area (Å²) in [6.45, 7) is 2.33. The van der Waals surface area contributed by atoms with Crippen LogP contribution in [0.25, 0.3) is 5.65 Å². The predicted molar refractivity (Wildman–Crippen MR) is 93.1 cm³/mol. The summed E-state index contributed by atoms with van der Waals surface area (Å²) in [6.07, 6.45) is 8.14. The van der Waals surface area contributed by atoms with Gasteiger partial charge in [-0.2, -0.15) is 5.10 Å². The van der Waals surface area contributed by atoms with Gasteiger partial charge in [0, 0.05) is 50.1 Å². The van der Waals surface area contributed by atoms with Crippen LogP contribution < -0.4 is 5.32 Å². The molecule has 0 bridgehead atoms. The van der Waals surface area contributed by atoms with Gasteiger partial charge in [-0.3, -0.25) is 9.59 Å². The molecule has 138 valence electrons. The number of likely N-dealkylation sites (tertiary alicyclic amines) is 1. The lowest BCUT2D eigenvalue weighted by molar-refractivity contribution is -0.143. The number of hydrogen-bond donors (Lipinski definition) is 1. The number of aromatic nitrogens is 3. The molecule has 0 radical (unpaired) electrons. The van der Waals surface area contributed by atoms with Crippen LogP contribution >= 0.6 is 0 Å². The van der Waals surface area contributed by atoms with Crippen molar-refractivity contribution >= 4 is 17.5 Å². The normalized spacial score (nSPS) is 21.2. The van der Waals surface area contributed by atoms with E-state index >= 15 is 0 Å². The molecule has 8 nitrogen and oxygen atoms in total. The predicted octanol–water partition coefficient (Wildman–Crippen LogP) is 0.763. The highest BCUT2D eigenvalue weighted by Gasteiger charge is 2.32. The Labute approximate surface area is 151 Å². The van der Waals surface area contributed by atoms with E-state index in [0.29, 0.717) is 39.1 Å². The van der Waals surface area contributed by atoms with Crippen molar-refractivity contribution in [3.05, 3.63) is 30.2 Å². The third-order valence-corrected chi connectivity index (χ3v) is 5.19. The maximum absolute atomic E-state index is 12.5. The van der Waals surface area contributed by atoms with E-state index in [0.717, 1.165) is 24.1 Å². The summed E-state index contributed by atoms with van der Waals surface area (Å²) in [7, 11) is 0. The van der Waals surface area contributed by atoms with Gasteiger partial charge in [-0.05, 0) is 31.7 Å². The first-order chi connectivity index (χ1) is 12.7. The maximum atomic E-state index is 12.5. The van der Waals surface area contributed by atoms with Gasteiger partial charge < -0.3 is 15.0 Å². The third-order valence-electron chi connectivity index (χ3n) is 5.19. The summed E-state index contributed by atoms with van der Waals surface area (Å²) < 4.78 is 7.16. The number of ether oxygens (including phenoxy) is 1. The van der Waals surface area contributed by atoms with Crippen molar-refractivity contribution in [2.45, 2.75) is 38.3 Å². The number of piperidine rings is 1. The zero-order chi connectivity index (χ0) is 17.9. The van der Waals surface area contributed by atoms with Gasteiger partial charge in [0.05, 0.1) is 6.20 Å². The first kappa shape index (κ1) is 17.0. The summed E-state index contributed by atoms with van der Waals surface area (Å²) >= 11 is 0. The van der Waals surface area contributed by atoms with E-state index in [1.54, 1.807) is 16.9 Å². The zero-order valence-corrected chi connectivity index (χ0v) is 14.6. The summed E-state index contributed by atoms with van der Waals surface area (Å²) in [5.41, 5.74) is 1.65. The Kier molecular flexibility index (Phi) is 4.83. The highest BCUT2D eigenvalue weighted by Crippen LogP contribution is 2.21. The van der Waals surface area contributed by atoms with Gasteiger partial charge in [0.25, 0.3) is 5.91 Å². The lowest BCUT2D eigenvalue weighted by atomic mass is 9.95. The quantitative estimate of drug-likeness (QED) is 0.873. The smallest absolute Gasteiger partial charge is 0.251 e. The molecule has 4 rings (SSSR count). The minimum absolute atomic E-state index is 0.0319. The summed E-state index contributed by atoms with van der Waals surface area (Å²) in [4.78, 5) is 31.0. The topological polar surface area (TPSA) is 88.8 Å². The second kappa shape index (κ2) is 7.41. The van der Waals surface area contributed by atoms with Crippen molar-refractivity contribution in [2.24, 2.45) is 5.92 Å². The van der Waals surface area contributed by atoms with Crippen molar-refractivity contribution in [3.8, 4) is 0 Å². The Morgan fingerprint density at radius 3 is 2.88 bits per heavy atom. The van der Waals surface area contributed by atoms with Crippen LogP contribution in [-0.2, 0) is 20.9 Å². The Morgan fingerprint density at radius 2 is 2.12 bits per heavy atom. The summed E-state index contributed by atoms with van der Waals surface area (Å²) in [6, 6.07) is 1.81. The van der Waals surface area contributed by atoms with E-state index in [4.69, 9.17) is 4.74 Å². The summed E-state index contributed by atoms with van der Waals surface area (Å²) in [5.74, 6) is 0.0571. The first-order valence-electron chi connectivity index (χ1n) is 9.18. The molecule has 0 saturated carbocycles. The number of amides is 2. The van der Waals surface area contributed by atoms with Crippen LogP contribution in [0.3, 0.4) is 0 Å². The number of carbonyl (C=O) groups is 2. The molecular formula is C18H23N5O3. The zero-order valence-electron chi connectivity index (χ0n) is 14.6. The fourth-order valence-electron chi connectivity index (χ4n) is 3.67. The fourth-order valence-corrected chi connectivity index (χ4v) is 3.67. The molecule has 1 unspecified atom stereocenters. The molecule has 4 heterocycles.